The molecule has 2 rings (SSSR count). The fraction of sp³-hybridized carbons (Fsp3) is 0.600. The molecule has 2 N–H and O–H groups in total. The molecule has 0 aliphatic heterocycles. The summed E-state index contributed by atoms with van der Waals surface area (Å²) in [5, 5.41) is 0. The number of ether oxygens (including phenoxy) is 2. The van der Waals surface area contributed by atoms with Crippen molar-refractivity contribution in [3.05, 3.63) is 29.8 Å². The van der Waals surface area contributed by atoms with E-state index in [-0.39, 0.29) is 11.6 Å². The molecule has 1 aromatic rings. The Morgan fingerprint density at radius 2 is 1.89 bits per heavy atom. The van der Waals surface area contributed by atoms with E-state index >= 15 is 0 Å². The van der Waals surface area contributed by atoms with Crippen molar-refractivity contribution in [3.8, 4) is 5.75 Å². The van der Waals surface area contributed by atoms with Gasteiger partial charge < -0.3 is 15.2 Å². The molecule has 100 valence electrons. The van der Waals surface area contributed by atoms with E-state index in [1.165, 1.54) is 12.8 Å². The summed E-state index contributed by atoms with van der Waals surface area (Å²) in [6.45, 7) is 6.70. The van der Waals surface area contributed by atoms with Gasteiger partial charge in [0.2, 0.25) is 0 Å². The standard InChI is InChI=1S/C15H23NO2/c1-4-17-15(2,3)14(16)11-5-7-12(8-6-11)18-13-9-10-13/h5-8,13-14H,4,9-10,16H2,1-3H3. The Balaban J connectivity index is 2.03. The molecule has 18 heavy (non-hydrogen) atoms. The van der Waals surface area contributed by atoms with E-state index in [9.17, 15) is 0 Å². The number of hydrogen-bond acceptors (Lipinski definition) is 3. The number of nitrogens with two attached hydrogens (primary N) is 1. The quantitative estimate of drug-likeness (QED) is 0.842. The molecule has 0 amide bonds. The Morgan fingerprint density at radius 3 is 2.39 bits per heavy atom. The minimum atomic E-state index is -0.354. The molecule has 1 aliphatic carbocycles. The average Bonchev–Trinajstić information content (AvgIpc) is 3.13. The van der Waals surface area contributed by atoms with E-state index in [4.69, 9.17) is 15.2 Å². The second-order valence-electron chi connectivity index (χ2n) is 5.40. The Hall–Kier alpha value is -1.06. The highest BCUT2D eigenvalue weighted by Gasteiger charge is 2.28. The first-order valence-corrected chi connectivity index (χ1v) is 6.69. The van der Waals surface area contributed by atoms with Crippen LogP contribution in [0.5, 0.6) is 5.75 Å². The van der Waals surface area contributed by atoms with Crippen LogP contribution in [0.15, 0.2) is 24.3 Å². The molecule has 3 nitrogen and oxygen atoms in total. The van der Waals surface area contributed by atoms with Crippen molar-refractivity contribution in [2.45, 2.75) is 51.4 Å². The van der Waals surface area contributed by atoms with Crippen LogP contribution in [0, 0.1) is 0 Å². The summed E-state index contributed by atoms with van der Waals surface area (Å²) in [5.74, 6) is 0.933. The van der Waals surface area contributed by atoms with E-state index in [2.05, 4.69) is 0 Å². The van der Waals surface area contributed by atoms with Gasteiger partial charge in [0, 0.05) is 6.61 Å². The molecule has 1 unspecified atom stereocenters. The molecule has 0 spiro atoms. The highest BCUT2D eigenvalue weighted by molar-refractivity contribution is 5.30. The minimum Gasteiger partial charge on any atom is -0.490 e. The maximum Gasteiger partial charge on any atom is 0.119 e. The second kappa shape index (κ2) is 5.29. The van der Waals surface area contributed by atoms with Crippen LogP contribution >= 0.6 is 0 Å². The third kappa shape index (κ3) is 3.24. The Labute approximate surface area is 109 Å². The van der Waals surface area contributed by atoms with Gasteiger partial charge in [-0.15, -0.1) is 0 Å². The molecule has 0 bridgehead atoms. The van der Waals surface area contributed by atoms with Crippen LogP contribution < -0.4 is 10.5 Å². The SMILES string of the molecule is CCOC(C)(C)C(N)c1ccc(OC2CC2)cc1. The molecular weight excluding hydrogens is 226 g/mol. The molecule has 1 aromatic carbocycles. The van der Waals surface area contributed by atoms with Gasteiger partial charge in [-0.1, -0.05) is 12.1 Å². The molecule has 1 aliphatic rings. The summed E-state index contributed by atoms with van der Waals surface area (Å²) in [6.07, 6.45) is 2.79. The van der Waals surface area contributed by atoms with Gasteiger partial charge in [0.15, 0.2) is 0 Å². The fourth-order valence-corrected chi connectivity index (χ4v) is 2.00. The predicted octanol–water partition coefficient (Wildman–Crippen LogP) is 3.04. The Kier molecular flexibility index (Phi) is 3.93. The van der Waals surface area contributed by atoms with Crippen LogP contribution in [0.3, 0.4) is 0 Å². The van der Waals surface area contributed by atoms with Gasteiger partial charge in [0.05, 0.1) is 17.7 Å². The summed E-state index contributed by atoms with van der Waals surface area (Å²) in [6, 6.07) is 7.92. The van der Waals surface area contributed by atoms with Crippen molar-refractivity contribution in [1.29, 1.82) is 0 Å². The third-order valence-electron chi connectivity index (χ3n) is 3.33. The minimum absolute atomic E-state index is 0.132. The zero-order valence-electron chi connectivity index (χ0n) is 11.5. The smallest absolute Gasteiger partial charge is 0.119 e. The van der Waals surface area contributed by atoms with Gasteiger partial charge in [0.25, 0.3) is 0 Å². The zero-order chi connectivity index (χ0) is 13.2. The Morgan fingerprint density at radius 1 is 1.28 bits per heavy atom. The van der Waals surface area contributed by atoms with Crippen molar-refractivity contribution >= 4 is 0 Å². The van der Waals surface area contributed by atoms with E-state index in [1.54, 1.807) is 0 Å². The molecule has 0 aromatic heterocycles. The second-order valence-corrected chi connectivity index (χ2v) is 5.40. The molecule has 1 fully saturated rings. The van der Waals surface area contributed by atoms with Crippen molar-refractivity contribution in [3.63, 3.8) is 0 Å². The number of benzene rings is 1. The monoisotopic (exact) mass is 249 g/mol. The summed E-state index contributed by atoms with van der Waals surface area (Å²) in [7, 11) is 0. The third-order valence-corrected chi connectivity index (χ3v) is 3.33. The summed E-state index contributed by atoms with van der Waals surface area (Å²) < 4.78 is 11.4. The highest BCUT2D eigenvalue weighted by atomic mass is 16.5. The van der Waals surface area contributed by atoms with Crippen molar-refractivity contribution in [1.82, 2.24) is 0 Å². The largest absolute Gasteiger partial charge is 0.490 e. The van der Waals surface area contributed by atoms with Crippen molar-refractivity contribution in [2.24, 2.45) is 5.73 Å². The van der Waals surface area contributed by atoms with E-state index < -0.39 is 0 Å². The van der Waals surface area contributed by atoms with Crippen LogP contribution in [0.2, 0.25) is 0 Å². The van der Waals surface area contributed by atoms with Gasteiger partial charge >= 0.3 is 0 Å². The van der Waals surface area contributed by atoms with Crippen LogP contribution in [-0.2, 0) is 4.74 Å². The van der Waals surface area contributed by atoms with Gasteiger partial charge in [0.1, 0.15) is 5.75 Å². The molecular formula is C15H23NO2. The fourth-order valence-electron chi connectivity index (χ4n) is 2.00. The molecule has 0 heterocycles. The first-order chi connectivity index (χ1) is 8.53. The first-order valence-electron chi connectivity index (χ1n) is 6.69. The van der Waals surface area contributed by atoms with E-state index in [0.717, 1.165) is 11.3 Å². The predicted molar refractivity (Wildman–Crippen MR) is 72.7 cm³/mol. The normalized spacial score (nSPS) is 17.6. The van der Waals surface area contributed by atoms with Crippen molar-refractivity contribution in [2.75, 3.05) is 6.61 Å². The lowest BCUT2D eigenvalue weighted by Crippen LogP contribution is -2.38. The van der Waals surface area contributed by atoms with Crippen LogP contribution in [0.25, 0.3) is 0 Å². The van der Waals surface area contributed by atoms with Gasteiger partial charge in [-0.3, -0.25) is 0 Å². The highest BCUT2D eigenvalue weighted by Crippen LogP contribution is 2.30. The van der Waals surface area contributed by atoms with Gasteiger partial charge in [-0.2, -0.15) is 0 Å². The maximum absolute atomic E-state index is 6.26. The summed E-state index contributed by atoms with van der Waals surface area (Å²) in [5.41, 5.74) is 6.98. The van der Waals surface area contributed by atoms with Gasteiger partial charge in [-0.05, 0) is 51.3 Å². The van der Waals surface area contributed by atoms with Gasteiger partial charge in [-0.25, -0.2) is 0 Å². The topological polar surface area (TPSA) is 44.5 Å². The van der Waals surface area contributed by atoms with Crippen molar-refractivity contribution < 1.29 is 9.47 Å². The summed E-state index contributed by atoms with van der Waals surface area (Å²) in [4.78, 5) is 0. The average molecular weight is 249 g/mol. The van der Waals surface area contributed by atoms with Crippen LogP contribution in [0.4, 0.5) is 0 Å². The summed E-state index contributed by atoms with van der Waals surface area (Å²) >= 11 is 0. The van der Waals surface area contributed by atoms with Crippen LogP contribution in [0.1, 0.15) is 45.2 Å². The lowest BCUT2D eigenvalue weighted by molar-refractivity contribution is -0.0298. The molecule has 3 heteroatoms. The molecule has 0 saturated heterocycles. The first kappa shape index (κ1) is 13.4. The lowest BCUT2D eigenvalue weighted by Gasteiger charge is -2.31. The molecule has 1 saturated carbocycles. The number of hydrogen-bond donors (Lipinski definition) is 1. The lowest BCUT2D eigenvalue weighted by atomic mass is 9.92. The zero-order valence-corrected chi connectivity index (χ0v) is 11.5. The van der Waals surface area contributed by atoms with E-state index in [1.807, 2.05) is 45.0 Å². The number of rotatable bonds is 6. The molecule has 0 radical (unpaired) electrons. The maximum atomic E-state index is 6.26. The Bertz CT molecular complexity index is 382. The molecule has 1 atom stereocenters. The van der Waals surface area contributed by atoms with Crippen LogP contribution in [-0.4, -0.2) is 18.3 Å². The van der Waals surface area contributed by atoms with E-state index in [0.29, 0.717) is 12.7 Å².